The van der Waals surface area contributed by atoms with Crippen molar-refractivity contribution in [2.75, 3.05) is 5.73 Å². The van der Waals surface area contributed by atoms with E-state index in [1.165, 1.54) is 10.6 Å². The Morgan fingerprint density at radius 2 is 2.21 bits per heavy atom. The first-order chi connectivity index (χ1) is 9.08. The van der Waals surface area contributed by atoms with Gasteiger partial charge in [-0.1, -0.05) is 0 Å². The number of aromatic nitrogens is 3. The molecule has 0 fully saturated rings. The number of anilines is 1. The SMILES string of the molecule is Cn1cc(-c2cc(F)cnc2N)c2cc[nH]c2c1=O. The molecule has 0 bridgehead atoms. The fourth-order valence-corrected chi connectivity index (χ4v) is 2.15. The van der Waals surface area contributed by atoms with Gasteiger partial charge in [0.25, 0.3) is 5.56 Å². The summed E-state index contributed by atoms with van der Waals surface area (Å²) in [6, 6.07) is 3.07. The van der Waals surface area contributed by atoms with Crippen molar-refractivity contribution < 1.29 is 4.39 Å². The lowest BCUT2D eigenvalue weighted by atomic mass is 10.0. The maximum atomic E-state index is 13.3. The maximum absolute atomic E-state index is 13.3. The van der Waals surface area contributed by atoms with Crippen LogP contribution in [0.25, 0.3) is 22.0 Å². The Kier molecular flexibility index (Phi) is 2.38. The lowest BCUT2D eigenvalue weighted by Crippen LogP contribution is -2.16. The number of nitrogens with one attached hydrogen (secondary N) is 1. The van der Waals surface area contributed by atoms with Crippen LogP contribution < -0.4 is 11.3 Å². The number of aromatic amines is 1. The Balaban J connectivity index is 2.43. The zero-order valence-corrected chi connectivity index (χ0v) is 10.1. The molecule has 0 saturated carbocycles. The minimum atomic E-state index is -0.471. The van der Waals surface area contributed by atoms with Crippen LogP contribution in [-0.4, -0.2) is 14.5 Å². The third kappa shape index (κ3) is 1.69. The first-order valence-electron chi connectivity index (χ1n) is 5.66. The first kappa shape index (κ1) is 11.5. The second-order valence-corrected chi connectivity index (χ2v) is 4.31. The Hall–Kier alpha value is -2.63. The van der Waals surface area contributed by atoms with Crippen molar-refractivity contribution in [1.82, 2.24) is 14.5 Å². The molecule has 3 rings (SSSR count). The predicted octanol–water partition coefficient (Wildman–Crippen LogP) is 1.65. The van der Waals surface area contributed by atoms with Crippen LogP contribution in [0.5, 0.6) is 0 Å². The zero-order chi connectivity index (χ0) is 13.6. The van der Waals surface area contributed by atoms with E-state index in [2.05, 4.69) is 9.97 Å². The Morgan fingerprint density at radius 3 is 3.00 bits per heavy atom. The molecule has 0 amide bonds. The van der Waals surface area contributed by atoms with Gasteiger partial charge in [-0.25, -0.2) is 9.37 Å². The summed E-state index contributed by atoms with van der Waals surface area (Å²) in [6.45, 7) is 0. The van der Waals surface area contributed by atoms with Gasteiger partial charge in [-0.2, -0.15) is 0 Å². The van der Waals surface area contributed by atoms with Gasteiger partial charge in [-0.05, 0) is 12.1 Å². The molecule has 0 unspecified atom stereocenters. The number of hydrogen-bond acceptors (Lipinski definition) is 3. The van der Waals surface area contributed by atoms with Gasteiger partial charge in [-0.3, -0.25) is 4.79 Å². The lowest BCUT2D eigenvalue weighted by molar-refractivity contribution is 0.622. The number of nitrogens with two attached hydrogens (primary N) is 1. The number of fused-ring (bicyclic) bond motifs is 1. The quantitative estimate of drug-likeness (QED) is 0.696. The molecule has 0 aromatic carbocycles. The van der Waals surface area contributed by atoms with Crippen molar-refractivity contribution in [3.8, 4) is 11.1 Å². The third-order valence-electron chi connectivity index (χ3n) is 3.07. The second-order valence-electron chi connectivity index (χ2n) is 4.31. The summed E-state index contributed by atoms with van der Waals surface area (Å²) in [5, 5.41) is 0.696. The van der Waals surface area contributed by atoms with Gasteiger partial charge >= 0.3 is 0 Å². The second kappa shape index (κ2) is 3.94. The van der Waals surface area contributed by atoms with Crippen molar-refractivity contribution in [3.63, 3.8) is 0 Å². The summed E-state index contributed by atoms with van der Waals surface area (Å²) >= 11 is 0. The highest BCUT2D eigenvalue weighted by Crippen LogP contribution is 2.29. The van der Waals surface area contributed by atoms with Crippen LogP contribution >= 0.6 is 0 Å². The fraction of sp³-hybridized carbons (Fsp3) is 0.0769. The highest BCUT2D eigenvalue weighted by molar-refractivity contribution is 5.96. The molecule has 0 aliphatic heterocycles. The van der Waals surface area contributed by atoms with Crippen LogP contribution in [0, 0.1) is 5.82 Å². The van der Waals surface area contributed by atoms with E-state index in [9.17, 15) is 9.18 Å². The molecule has 3 N–H and O–H groups in total. The number of rotatable bonds is 1. The number of nitrogens with zero attached hydrogens (tertiary/aromatic N) is 2. The monoisotopic (exact) mass is 258 g/mol. The van der Waals surface area contributed by atoms with E-state index in [-0.39, 0.29) is 11.4 Å². The highest BCUT2D eigenvalue weighted by Gasteiger charge is 2.13. The van der Waals surface area contributed by atoms with E-state index in [0.29, 0.717) is 22.0 Å². The van der Waals surface area contributed by atoms with Crippen molar-refractivity contribution in [2.24, 2.45) is 7.05 Å². The number of pyridine rings is 2. The molecular weight excluding hydrogens is 247 g/mol. The molecule has 0 saturated heterocycles. The van der Waals surface area contributed by atoms with Crippen molar-refractivity contribution >= 4 is 16.7 Å². The zero-order valence-electron chi connectivity index (χ0n) is 10.1. The number of hydrogen-bond donors (Lipinski definition) is 2. The standard InChI is InChI=1S/C13H11FN4O/c1-18-6-10(8-2-3-16-11(8)13(18)19)9-4-7(14)5-17-12(9)15/h2-6,16H,1H3,(H2,15,17). The van der Waals surface area contributed by atoms with Gasteiger partial charge in [0, 0.05) is 36.0 Å². The fourth-order valence-electron chi connectivity index (χ4n) is 2.15. The van der Waals surface area contributed by atoms with Gasteiger partial charge < -0.3 is 15.3 Å². The van der Waals surface area contributed by atoms with E-state index in [1.807, 2.05) is 0 Å². The molecule has 96 valence electrons. The molecule has 3 aromatic heterocycles. The highest BCUT2D eigenvalue weighted by atomic mass is 19.1. The van der Waals surface area contributed by atoms with E-state index >= 15 is 0 Å². The molecule has 19 heavy (non-hydrogen) atoms. The number of aryl methyl sites for hydroxylation is 1. The number of H-pyrrole nitrogens is 1. The van der Waals surface area contributed by atoms with Gasteiger partial charge in [0.05, 0.1) is 6.20 Å². The molecule has 3 aromatic rings. The summed E-state index contributed by atoms with van der Waals surface area (Å²) in [6.07, 6.45) is 4.36. The van der Waals surface area contributed by atoms with E-state index in [1.54, 1.807) is 25.5 Å². The van der Waals surface area contributed by atoms with Crippen LogP contribution in [0.4, 0.5) is 10.2 Å². The van der Waals surface area contributed by atoms with Crippen molar-refractivity contribution in [2.45, 2.75) is 0 Å². The van der Waals surface area contributed by atoms with Gasteiger partial charge in [0.2, 0.25) is 0 Å². The minimum Gasteiger partial charge on any atom is -0.383 e. The van der Waals surface area contributed by atoms with Crippen LogP contribution in [0.2, 0.25) is 0 Å². The lowest BCUT2D eigenvalue weighted by Gasteiger charge is -2.08. The first-order valence-corrected chi connectivity index (χ1v) is 5.66. The smallest absolute Gasteiger partial charge is 0.274 e. The molecule has 0 aliphatic carbocycles. The topological polar surface area (TPSA) is 76.7 Å². The van der Waals surface area contributed by atoms with Gasteiger partial charge in [-0.15, -0.1) is 0 Å². The van der Waals surface area contributed by atoms with Crippen LogP contribution in [0.15, 0.2) is 35.5 Å². The van der Waals surface area contributed by atoms with E-state index < -0.39 is 5.82 Å². The number of nitrogen functional groups attached to an aromatic ring is 1. The molecule has 0 atom stereocenters. The number of halogens is 1. The normalized spacial score (nSPS) is 11.1. The van der Waals surface area contributed by atoms with Crippen LogP contribution in [-0.2, 0) is 7.05 Å². The van der Waals surface area contributed by atoms with E-state index in [4.69, 9.17) is 5.73 Å². The van der Waals surface area contributed by atoms with Crippen molar-refractivity contribution in [3.05, 3.63) is 46.9 Å². The Morgan fingerprint density at radius 1 is 1.42 bits per heavy atom. The molecule has 0 aliphatic rings. The molecule has 5 nitrogen and oxygen atoms in total. The molecule has 3 heterocycles. The largest absolute Gasteiger partial charge is 0.383 e. The van der Waals surface area contributed by atoms with Crippen LogP contribution in [0.3, 0.4) is 0 Å². The molecular formula is C13H11FN4O. The average molecular weight is 258 g/mol. The van der Waals surface area contributed by atoms with Gasteiger partial charge in [0.15, 0.2) is 0 Å². The average Bonchev–Trinajstić information content (AvgIpc) is 2.86. The summed E-state index contributed by atoms with van der Waals surface area (Å²) in [5.74, 6) is -0.246. The Bertz CT molecular complexity index is 834. The molecule has 0 spiro atoms. The molecule has 6 heteroatoms. The summed E-state index contributed by atoms with van der Waals surface area (Å²) in [4.78, 5) is 18.6. The van der Waals surface area contributed by atoms with Crippen molar-refractivity contribution in [1.29, 1.82) is 0 Å². The predicted molar refractivity (Wildman–Crippen MR) is 71.1 cm³/mol. The summed E-state index contributed by atoms with van der Waals surface area (Å²) in [5.41, 5.74) is 7.25. The van der Waals surface area contributed by atoms with Crippen LogP contribution in [0.1, 0.15) is 0 Å². The summed E-state index contributed by atoms with van der Waals surface area (Å²) in [7, 11) is 1.63. The third-order valence-corrected chi connectivity index (χ3v) is 3.07. The molecule has 0 radical (unpaired) electrons. The minimum absolute atomic E-state index is 0.147. The maximum Gasteiger partial charge on any atom is 0.274 e. The Labute approximate surface area is 107 Å². The van der Waals surface area contributed by atoms with E-state index in [0.717, 1.165) is 6.20 Å². The van der Waals surface area contributed by atoms with Gasteiger partial charge in [0.1, 0.15) is 17.2 Å². The summed E-state index contributed by atoms with van der Waals surface area (Å²) < 4.78 is 14.8.